The predicted molar refractivity (Wildman–Crippen MR) is 107 cm³/mol. The summed E-state index contributed by atoms with van der Waals surface area (Å²) in [5.41, 5.74) is 0.109. The number of morpholine rings is 1. The van der Waals surface area contributed by atoms with Gasteiger partial charge in [0.05, 0.1) is 38.0 Å². The van der Waals surface area contributed by atoms with E-state index in [1.54, 1.807) is 0 Å². The van der Waals surface area contributed by atoms with Crippen LogP contribution in [-0.4, -0.2) is 74.0 Å². The van der Waals surface area contributed by atoms with Crippen molar-refractivity contribution in [2.45, 2.75) is 63.8 Å². The van der Waals surface area contributed by atoms with Crippen molar-refractivity contribution in [1.82, 2.24) is 15.5 Å². The molecule has 0 aromatic heterocycles. The van der Waals surface area contributed by atoms with Crippen LogP contribution in [0.15, 0.2) is 4.99 Å². The third-order valence-electron chi connectivity index (χ3n) is 5.23. The van der Waals surface area contributed by atoms with Crippen LogP contribution in [0.25, 0.3) is 0 Å². The summed E-state index contributed by atoms with van der Waals surface area (Å²) >= 11 is 0. The Labute approximate surface area is 163 Å². The maximum atomic E-state index is 5.92. The molecule has 0 aliphatic carbocycles. The molecule has 0 aromatic carbocycles. The SMILES string of the molecule is CCNC(=NCCN1CCOCC1(C)C)NC1CC2CCC1O2.I. The number of guanidine groups is 1. The minimum Gasteiger partial charge on any atom is -0.378 e. The second kappa shape index (κ2) is 9.00. The number of hydrogen-bond donors (Lipinski definition) is 2. The van der Waals surface area contributed by atoms with Crippen LogP contribution in [0.4, 0.5) is 0 Å². The number of fused-ring (bicyclic) bond motifs is 2. The molecule has 0 spiro atoms. The largest absolute Gasteiger partial charge is 0.378 e. The van der Waals surface area contributed by atoms with Crippen LogP contribution in [0.3, 0.4) is 0 Å². The average Bonchev–Trinajstić information content (AvgIpc) is 3.11. The smallest absolute Gasteiger partial charge is 0.191 e. The summed E-state index contributed by atoms with van der Waals surface area (Å²) in [5, 5.41) is 6.95. The van der Waals surface area contributed by atoms with Crippen LogP contribution in [0, 0.1) is 0 Å². The second-order valence-electron chi connectivity index (χ2n) is 7.47. The fourth-order valence-electron chi connectivity index (χ4n) is 3.87. The highest BCUT2D eigenvalue weighted by atomic mass is 127. The first-order valence-corrected chi connectivity index (χ1v) is 9.11. The van der Waals surface area contributed by atoms with E-state index < -0.39 is 0 Å². The normalized spacial score (nSPS) is 32.5. The van der Waals surface area contributed by atoms with E-state index in [-0.39, 0.29) is 29.5 Å². The molecule has 3 saturated heterocycles. The van der Waals surface area contributed by atoms with E-state index in [9.17, 15) is 0 Å². The van der Waals surface area contributed by atoms with E-state index in [1.807, 2.05) is 0 Å². The van der Waals surface area contributed by atoms with Crippen LogP contribution in [-0.2, 0) is 9.47 Å². The van der Waals surface area contributed by atoms with Gasteiger partial charge in [0.2, 0.25) is 0 Å². The third-order valence-corrected chi connectivity index (χ3v) is 5.23. The summed E-state index contributed by atoms with van der Waals surface area (Å²) in [4.78, 5) is 7.25. The Morgan fingerprint density at radius 1 is 1.33 bits per heavy atom. The van der Waals surface area contributed by atoms with Gasteiger partial charge >= 0.3 is 0 Å². The number of aliphatic imine (C=N–C) groups is 1. The Morgan fingerprint density at radius 3 is 2.79 bits per heavy atom. The fourth-order valence-corrected chi connectivity index (χ4v) is 3.87. The summed E-state index contributed by atoms with van der Waals surface area (Å²) < 4.78 is 11.5. The summed E-state index contributed by atoms with van der Waals surface area (Å²) in [6.45, 7) is 11.9. The second-order valence-corrected chi connectivity index (χ2v) is 7.47. The predicted octanol–water partition coefficient (Wildman–Crippen LogP) is 1.59. The molecule has 3 aliphatic heterocycles. The Bertz CT molecular complexity index is 433. The van der Waals surface area contributed by atoms with E-state index >= 15 is 0 Å². The molecule has 2 bridgehead atoms. The maximum absolute atomic E-state index is 5.92. The molecule has 6 nitrogen and oxygen atoms in total. The van der Waals surface area contributed by atoms with Gasteiger partial charge in [-0.25, -0.2) is 0 Å². The standard InChI is InChI=1S/C17H32N4O2.HI/c1-4-18-16(20-14-11-13-5-6-15(14)23-13)19-7-8-21-9-10-22-12-17(21,2)3;/h13-15H,4-12H2,1-3H3,(H2,18,19,20);1H. The van der Waals surface area contributed by atoms with E-state index in [2.05, 4.69) is 36.3 Å². The molecule has 2 N–H and O–H groups in total. The van der Waals surface area contributed by atoms with Gasteiger partial charge in [-0.05, 0) is 40.0 Å². The Kier molecular flexibility index (Phi) is 7.58. The lowest BCUT2D eigenvalue weighted by Gasteiger charge is -2.41. The molecule has 3 aliphatic rings. The van der Waals surface area contributed by atoms with E-state index in [0.29, 0.717) is 18.2 Å². The zero-order valence-corrected chi connectivity index (χ0v) is 17.5. The molecular formula is C17H33IN4O2. The molecule has 3 unspecified atom stereocenters. The highest BCUT2D eigenvalue weighted by molar-refractivity contribution is 14.0. The minimum atomic E-state index is 0. The number of nitrogens with zero attached hydrogens (tertiary/aromatic N) is 2. The number of halogens is 1. The first kappa shape index (κ1) is 20.2. The van der Waals surface area contributed by atoms with Crippen LogP contribution in [0.5, 0.6) is 0 Å². The first-order valence-electron chi connectivity index (χ1n) is 9.11. The van der Waals surface area contributed by atoms with Crippen LogP contribution in [0.2, 0.25) is 0 Å². The lowest BCUT2D eigenvalue weighted by Crippen LogP contribution is -2.54. The van der Waals surface area contributed by atoms with E-state index in [1.165, 1.54) is 12.8 Å². The molecule has 24 heavy (non-hydrogen) atoms. The monoisotopic (exact) mass is 452 g/mol. The Hall–Kier alpha value is -0.120. The lowest BCUT2D eigenvalue weighted by molar-refractivity contribution is -0.0491. The molecule has 3 rings (SSSR count). The molecule has 140 valence electrons. The van der Waals surface area contributed by atoms with Crippen molar-refractivity contribution in [3.63, 3.8) is 0 Å². The van der Waals surface area contributed by atoms with Gasteiger partial charge in [-0.3, -0.25) is 9.89 Å². The van der Waals surface area contributed by atoms with Gasteiger partial charge in [0.25, 0.3) is 0 Å². The number of ether oxygens (including phenoxy) is 2. The zero-order chi connectivity index (χ0) is 16.3. The summed E-state index contributed by atoms with van der Waals surface area (Å²) in [5.74, 6) is 0.930. The van der Waals surface area contributed by atoms with Gasteiger partial charge in [0.1, 0.15) is 0 Å². The van der Waals surface area contributed by atoms with E-state index in [4.69, 9.17) is 14.5 Å². The molecule has 3 heterocycles. The van der Waals surface area contributed by atoms with Gasteiger partial charge in [-0.15, -0.1) is 24.0 Å². The first-order chi connectivity index (χ1) is 11.1. The lowest BCUT2D eigenvalue weighted by atomic mass is 9.96. The van der Waals surface area contributed by atoms with Gasteiger partial charge in [0.15, 0.2) is 5.96 Å². The fraction of sp³-hybridized carbons (Fsp3) is 0.941. The summed E-state index contributed by atoms with van der Waals surface area (Å²) in [7, 11) is 0. The minimum absolute atomic E-state index is 0. The van der Waals surface area contributed by atoms with Crippen molar-refractivity contribution in [2.75, 3.05) is 39.4 Å². The van der Waals surface area contributed by atoms with Gasteiger partial charge in [0, 0.05) is 25.2 Å². The van der Waals surface area contributed by atoms with Crippen molar-refractivity contribution in [3.8, 4) is 0 Å². The average molecular weight is 452 g/mol. The number of nitrogens with one attached hydrogen (secondary N) is 2. The topological polar surface area (TPSA) is 58.1 Å². The molecule has 0 radical (unpaired) electrons. The quantitative estimate of drug-likeness (QED) is 0.377. The summed E-state index contributed by atoms with van der Waals surface area (Å²) in [6, 6.07) is 0.423. The molecule has 7 heteroatoms. The van der Waals surface area contributed by atoms with Crippen molar-refractivity contribution in [1.29, 1.82) is 0 Å². The van der Waals surface area contributed by atoms with Crippen molar-refractivity contribution in [3.05, 3.63) is 0 Å². The third kappa shape index (κ3) is 4.95. The van der Waals surface area contributed by atoms with Crippen LogP contribution < -0.4 is 10.6 Å². The van der Waals surface area contributed by atoms with Crippen molar-refractivity contribution < 1.29 is 9.47 Å². The number of rotatable bonds is 5. The summed E-state index contributed by atoms with van der Waals surface area (Å²) in [6.07, 6.45) is 4.37. The Balaban J connectivity index is 0.00000208. The van der Waals surface area contributed by atoms with Crippen LogP contribution in [0.1, 0.15) is 40.0 Å². The number of hydrogen-bond acceptors (Lipinski definition) is 4. The van der Waals surface area contributed by atoms with Gasteiger partial charge in [-0.1, -0.05) is 0 Å². The molecule has 3 atom stereocenters. The van der Waals surface area contributed by atoms with Gasteiger partial charge < -0.3 is 20.1 Å². The molecule has 0 saturated carbocycles. The van der Waals surface area contributed by atoms with Gasteiger partial charge in [-0.2, -0.15) is 0 Å². The molecule has 0 amide bonds. The Morgan fingerprint density at radius 2 is 2.17 bits per heavy atom. The highest BCUT2D eigenvalue weighted by Crippen LogP contribution is 2.34. The van der Waals surface area contributed by atoms with Crippen LogP contribution >= 0.6 is 24.0 Å². The molecule has 0 aromatic rings. The highest BCUT2D eigenvalue weighted by Gasteiger charge is 2.41. The van der Waals surface area contributed by atoms with Crippen molar-refractivity contribution >= 4 is 29.9 Å². The maximum Gasteiger partial charge on any atom is 0.191 e. The molecular weight excluding hydrogens is 419 g/mol. The molecule has 3 fully saturated rings. The zero-order valence-electron chi connectivity index (χ0n) is 15.2. The van der Waals surface area contributed by atoms with Crippen molar-refractivity contribution in [2.24, 2.45) is 4.99 Å². The van der Waals surface area contributed by atoms with E-state index in [0.717, 1.165) is 51.8 Å².